The Labute approximate surface area is 107 Å². The Morgan fingerprint density at radius 1 is 0.833 bits per heavy atom. The van der Waals surface area contributed by atoms with Crippen LogP contribution in [0.3, 0.4) is 0 Å². The maximum absolute atomic E-state index is 5.88. The number of ether oxygens (including phenoxy) is 1. The van der Waals surface area contributed by atoms with Crippen molar-refractivity contribution in [2.45, 2.75) is 30.5 Å². The number of benzene rings is 2. The quantitative estimate of drug-likeness (QED) is 0.727. The van der Waals surface area contributed by atoms with Crippen LogP contribution in [0.15, 0.2) is 60.7 Å². The van der Waals surface area contributed by atoms with Crippen LogP contribution in [-0.4, -0.2) is 12.2 Å². The van der Waals surface area contributed by atoms with Crippen LogP contribution in [-0.2, 0) is 10.2 Å². The van der Waals surface area contributed by atoms with Crippen LogP contribution in [0.1, 0.15) is 24.0 Å². The topological polar surface area (TPSA) is 12.5 Å². The van der Waals surface area contributed by atoms with Gasteiger partial charge in [-0.25, -0.2) is 0 Å². The number of hydrogen-bond acceptors (Lipinski definition) is 1. The fraction of sp³-hybridized carbons (Fsp3) is 0.294. The minimum Gasteiger partial charge on any atom is -0.368 e. The van der Waals surface area contributed by atoms with Crippen molar-refractivity contribution < 1.29 is 4.74 Å². The molecule has 1 nitrogen and oxygen atoms in total. The second-order valence-electron chi connectivity index (χ2n) is 5.34. The zero-order valence-corrected chi connectivity index (χ0v) is 10.3. The molecule has 0 aromatic heterocycles. The van der Waals surface area contributed by atoms with E-state index in [1.165, 1.54) is 24.0 Å². The summed E-state index contributed by atoms with van der Waals surface area (Å²) in [6.07, 6.45) is 3.28. The first-order valence-corrected chi connectivity index (χ1v) is 6.68. The molecule has 0 spiro atoms. The van der Waals surface area contributed by atoms with Crippen molar-refractivity contribution in [2.75, 3.05) is 0 Å². The Kier molecular flexibility index (Phi) is 2.12. The zero-order valence-electron chi connectivity index (χ0n) is 10.3. The molecule has 0 N–H and O–H groups in total. The molecule has 1 saturated heterocycles. The maximum Gasteiger partial charge on any atom is 0.0978 e. The van der Waals surface area contributed by atoms with Gasteiger partial charge in [0.1, 0.15) is 0 Å². The van der Waals surface area contributed by atoms with Gasteiger partial charge < -0.3 is 4.74 Å². The first-order valence-electron chi connectivity index (χ1n) is 6.68. The molecule has 90 valence electrons. The van der Waals surface area contributed by atoms with Crippen LogP contribution in [0.2, 0.25) is 0 Å². The third kappa shape index (κ3) is 1.31. The highest BCUT2D eigenvalue weighted by Crippen LogP contribution is 2.56. The summed E-state index contributed by atoms with van der Waals surface area (Å²) in [5.74, 6) is 0. The highest BCUT2D eigenvalue weighted by Gasteiger charge is 2.61. The van der Waals surface area contributed by atoms with E-state index in [2.05, 4.69) is 60.7 Å². The molecule has 1 heterocycles. The van der Waals surface area contributed by atoms with Crippen molar-refractivity contribution in [1.29, 1.82) is 0 Å². The van der Waals surface area contributed by atoms with Crippen LogP contribution in [0.5, 0.6) is 0 Å². The van der Waals surface area contributed by atoms with E-state index in [1.807, 2.05) is 0 Å². The van der Waals surface area contributed by atoms with Crippen molar-refractivity contribution >= 4 is 0 Å². The molecular formula is C17H16O. The van der Waals surface area contributed by atoms with Crippen LogP contribution in [0, 0.1) is 0 Å². The Morgan fingerprint density at radius 3 is 1.78 bits per heavy atom. The summed E-state index contributed by atoms with van der Waals surface area (Å²) >= 11 is 0. The van der Waals surface area contributed by atoms with Crippen LogP contribution < -0.4 is 0 Å². The summed E-state index contributed by atoms with van der Waals surface area (Å²) in [5, 5.41) is 0. The molecule has 2 fully saturated rings. The maximum atomic E-state index is 5.88. The molecular weight excluding hydrogens is 220 g/mol. The SMILES string of the molecule is c1ccc(C2(c3ccccc3)CCC3OC32)cc1. The van der Waals surface area contributed by atoms with E-state index in [0.29, 0.717) is 12.2 Å². The van der Waals surface area contributed by atoms with Crippen LogP contribution in [0.4, 0.5) is 0 Å². The predicted octanol–water partition coefficient (Wildman–Crippen LogP) is 3.53. The number of rotatable bonds is 2. The molecule has 1 aliphatic carbocycles. The van der Waals surface area contributed by atoms with E-state index in [4.69, 9.17) is 4.74 Å². The van der Waals surface area contributed by atoms with Gasteiger partial charge in [-0.15, -0.1) is 0 Å². The summed E-state index contributed by atoms with van der Waals surface area (Å²) < 4.78 is 5.88. The van der Waals surface area contributed by atoms with E-state index < -0.39 is 0 Å². The summed E-state index contributed by atoms with van der Waals surface area (Å²) in [5.41, 5.74) is 2.90. The van der Waals surface area contributed by atoms with Gasteiger partial charge in [-0.05, 0) is 24.0 Å². The van der Waals surface area contributed by atoms with Gasteiger partial charge >= 0.3 is 0 Å². The second kappa shape index (κ2) is 3.69. The smallest absolute Gasteiger partial charge is 0.0978 e. The predicted molar refractivity (Wildman–Crippen MR) is 71.6 cm³/mol. The minimum absolute atomic E-state index is 0.0905. The van der Waals surface area contributed by atoms with Crippen LogP contribution >= 0.6 is 0 Å². The Morgan fingerprint density at radius 2 is 1.39 bits per heavy atom. The average molecular weight is 236 g/mol. The van der Waals surface area contributed by atoms with Crippen molar-refractivity contribution in [1.82, 2.24) is 0 Å². The van der Waals surface area contributed by atoms with E-state index in [1.54, 1.807) is 0 Å². The molecule has 1 saturated carbocycles. The minimum atomic E-state index is 0.0905. The average Bonchev–Trinajstić information content (AvgIpc) is 3.15. The first kappa shape index (κ1) is 10.3. The van der Waals surface area contributed by atoms with Gasteiger partial charge in [0, 0.05) is 5.41 Å². The summed E-state index contributed by atoms with van der Waals surface area (Å²) in [7, 11) is 0. The Balaban J connectivity index is 1.90. The monoisotopic (exact) mass is 236 g/mol. The molecule has 0 radical (unpaired) electrons. The normalized spacial score (nSPS) is 27.8. The van der Waals surface area contributed by atoms with Crippen molar-refractivity contribution in [2.24, 2.45) is 0 Å². The van der Waals surface area contributed by atoms with Gasteiger partial charge in [-0.1, -0.05) is 60.7 Å². The summed E-state index contributed by atoms with van der Waals surface area (Å²) in [6.45, 7) is 0. The summed E-state index contributed by atoms with van der Waals surface area (Å²) in [6, 6.07) is 21.7. The highest BCUT2D eigenvalue weighted by molar-refractivity contribution is 5.45. The fourth-order valence-corrected chi connectivity index (χ4v) is 3.56. The van der Waals surface area contributed by atoms with Crippen LogP contribution in [0.25, 0.3) is 0 Å². The van der Waals surface area contributed by atoms with Crippen molar-refractivity contribution in [3.63, 3.8) is 0 Å². The Hall–Kier alpha value is -1.60. The molecule has 18 heavy (non-hydrogen) atoms. The number of fused-ring (bicyclic) bond motifs is 1. The van der Waals surface area contributed by atoms with Gasteiger partial charge in [0.15, 0.2) is 0 Å². The lowest BCUT2D eigenvalue weighted by Crippen LogP contribution is -2.31. The highest BCUT2D eigenvalue weighted by atomic mass is 16.6. The van der Waals surface area contributed by atoms with Gasteiger partial charge in [-0.2, -0.15) is 0 Å². The van der Waals surface area contributed by atoms with E-state index in [0.717, 1.165) is 0 Å². The van der Waals surface area contributed by atoms with Crippen molar-refractivity contribution in [3.8, 4) is 0 Å². The molecule has 1 aliphatic heterocycles. The van der Waals surface area contributed by atoms with Gasteiger partial charge in [0.25, 0.3) is 0 Å². The standard InChI is InChI=1S/C17H16O/c1-3-7-13(8-4-1)17(12-11-15-16(17)18-15)14-9-5-2-6-10-14/h1-10,15-16H,11-12H2. The molecule has 0 amide bonds. The third-order valence-corrected chi connectivity index (χ3v) is 4.47. The van der Waals surface area contributed by atoms with E-state index >= 15 is 0 Å². The Bertz CT molecular complexity index is 507. The molecule has 4 rings (SSSR count). The second-order valence-corrected chi connectivity index (χ2v) is 5.34. The lowest BCUT2D eigenvalue weighted by molar-refractivity contribution is 0.259. The molecule has 2 unspecified atom stereocenters. The summed E-state index contributed by atoms with van der Waals surface area (Å²) in [4.78, 5) is 0. The number of epoxide rings is 1. The molecule has 2 aromatic rings. The zero-order chi connectivity index (χ0) is 12.0. The lowest BCUT2D eigenvalue weighted by atomic mass is 9.72. The third-order valence-electron chi connectivity index (χ3n) is 4.47. The number of hydrogen-bond donors (Lipinski definition) is 0. The van der Waals surface area contributed by atoms with Gasteiger partial charge in [0.2, 0.25) is 0 Å². The lowest BCUT2D eigenvalue weighted by Gasteiger charge is -2.31. The first-order chi connectivity index (χ1) is 8.91. The van der Waals surface area contributed by atoms with Gasteiger partial charge in [0.05, 0.1) is 12.2 Å². The molecule has 1 heteroatoms. The largest absolute Gasteiger partial charge is 0.368 e. The fourth-order valence-electron chi connectivity index (χ4n) is 3.56. The van der Waals surface area contributed by atoms with Crippen molar-refractivity contribution in [3.05, 3.63) is 71.8 Å². The van der Waals surface area contributed by atoms with E-state index in [9.17, 15) is 0 Å². The van der Waals surface area contributed by atoms with Gasteiger partial charge in [-0.3, -0.25) is 0 Å². The molecule has 2 aromatic carbocycles. The van der Waals surface area contributed by atoms with E-state index in [-0.39, 0.29) is 5.41 Å². The molecule has 2 aliphatic rings. The molecule has 0 bridgehead atoms. The molecule has 2 atom stereocenters.